The van der Waals surface area contributed by atoms with Crippen molar-refractivity contribution in [3.63, 3.8) is 0 Å². The van der Waals surface area contributed by atoms with E-state index in [2.05, 4.69) is 0 Å². The fourth-order valence-corrected chi connectivity index (χ4v) is 1.82. The molecule has 1 amide bonds. The molecule has 2 N–H and O–H groups in total. The molecule has 0 aromatic carbocycles. The number of nitrogens with zero attached hydrogens (tertiary/aromatic N) is 1. The molecule has 3 nitrogen and oxygen atoms in total. The summed E-state index contributed by atoms with van der Waals surface area (Å²) in [6.45, 7) is 2.55. The number of amides is 1. The Morgan fingerprint density at radius 3 is 2.93 bits per heavy atom. The summed E-state index contributed by atoms with van der Waals surface area (Å²) >= 11 is 1.57. The van der Waals surface area contributed by atoms with Crippen LogP contribution in [0.25, 0.3) is 0 Å². The maximum Gasteiger partial charge on any atom is 0.227 e. The molecule has 1 heterocycles. The molecule has 14 heavy (non-hydrogen) atoms. The van der Waals surface area contributed by atoms with E-state index in [1.54, 1.807) is 23.3 Å². The number of anilines is 1. The summed E-state index contributed by atoms with van der Waals surface area (Å²) in [5, 5.41) is 2.95. The summed E-state index contributed by atoms with van der Waals surface area (Å²) in [7, 11) is 1.80. The van der Waals surface area contributed by atoms with E-state index in [0.717, 1.165) is 5.00 Å². The minimum atomic E-state index is 0.130. The first-order valence-corrected chi connectivity index (χ1v) is 5.53. The van der Waals surface area contributed by atoms with Crippen LogP contribution in [0, 0.1) is 5.92 Å². The Morgan fingerprint density at radius 1 is 1.71 bits per heavy atom. The third kappa shape index (κ3) is 2.82. The Labute approximate surface area is 88.5 Å². The zero-order valence-corrected chi connectivity index (χ0v) is 9.38. The molecule has 78 valence electrons. The van der Waals surface area contributed by atoms with Crippen molar-refractivity contribution in [1.82, 2.24) is 0 Å². The van der Waals surface area contributed by atoms with Gasteiger partial charge in [-0.3, -0.25) is 4.79 Å². The van der Waals surface area contributed by atoms with Crippen LogP contribution in [0.4, 0.5) is 5.00 Å². The molecular weight excluding hydrogens is 196 g/mol. The minimum Gasteiger partial charge on any atom is -0.330 e. The molecule has 1 aromatic rings. The van der Waals surface area contributed by atoms with Gasteiger partial charge in [0.15, 0.2) is 0 Å². The van der Waals surface area contributed by atoms with Gasteiger partial charge >= 0.3 is 0 Å². The summed E-state index contributed by atoms with van der Waals surface area (Å²) in [6.07, 6.45) is 0.519. The lowest BCUT2D eigenvalue weighted by Gasteiger charge is -2.16. The molecule has 0 bridgehead atoms. The van der Waals surface area contributed by atoms with Gasteiger partial charge in [-0.05, 0) is 30.0 Å². The third-order valence-corrected chi connectivity index (χ3v) is 3.08. The van der Waals surface area contributed by atoms with Crippen molar-refractivity contribution in [2.45, 2.75) is 13.3 Å². The second-order valence-corrected chi connectivity index (χ2v) is 4.38. The van der Waals surface area contributed by atoms with Gasteiger partial charge in [-0.25, -0.2) is 0 Å². The molecule has 0 aliphatic rings. The topological polar surface area (TPSA) is 46.3 Å². The van der Waals surface area contributed by atoms with Crippen molar-refractivity contribution in [2.24, 2.45) is 11.7 Å². The Morgan fingerprint density at radius 2 is 2.43 bits per heavy atom. The molecule has 0 aliphatic carbocycles. The van der Waals surface area contributed by atoms with Crippen LogP contribution in [0.5, 0.6) is 0 Å². The van der Waals surface area contributed by atoms with Crippen molar-refractivity contribution in [3.05, 3.63) is 17.5 Å². The molecule has 1 atom stereocenters. The predicted molar refractivity (Wildman–Crippen MR) is 60.6 cm³/mol. The predicted octanol–water partition coefficient (Wildman–Crippen LogP) is 1.70. The Kier molecular flexibility index (Phi) is 4.10. The van der Waals surface area contributed by atoms with Crippen LogP contribution >= 0.6 is 11.3 Å². The van der Waals surface area contributed by atoms with Crippen LogP contribution in [0.2, 0.25) is 0 Å². The van der Waals surface area contributed by atoms with Gasteiger partial charge in [0.25, 0.3) is 0 Å². The third-order valence-electron chi connectivity index (χ3n) is 2.14. The fraction of sp³-hybridized carbons (Fsp3) is 0.500. The minimum absolute atomic E-state index is 0.130. The zero-order chi connectivity index (χ0) is 10.6. The van der Waals surface area contributed by atoms with E-state index in [0.29, 0.717) is 13.0 Å². The molecule has 0 saturated heterocycles. The summed E-state index contributed by atoms with van der Waals surface area (Å²) in [5.41, 5.74) is 5.47. The molecule has 1 aromatic heterocycles. The van der Waals surface area contributed by atoms with Gasteiger partial charge in [-0.2, -0.15) is 0 Å². The Hall–Kier alpha value is -0.870. The van der Waals surface area contributed by atoms with Crippen molar-refractivity contribution >= 4 is 22.2 Å². The van der Waals surface area contributed by atoms with Crippen LogP contribution < -0.4 is 10.6 Å². The van der Waals surface area contributed by atoms with Crippen molar-refractivity contribution in [1.29, 1.82) is 0 Å². The molecule has 0 spiro atoms. The molecule has 0 fully saturated rings. The SMILES string of the molecule is CC(CN)CC(=O)N(C)c1cccs1. The van der Waals surface area contributed by atoms with Gasteiger partial charge in [-0.15, -0.1) is 11.3 Å². The van der Waals surface area contributed by atoms with Gasteiger partial charge in [0.1, 0.15) is 0 Å². The highest BCUT2D eigenvalue weighted by molar-refractivity contribution is 7.14. The van der Waals surface area contributed by atoms with Crippen LogP contribution in [0.15, 0.2) is 17.5 Å². The quantitative estimate of drug-likeness (QED) is 0.825. The van der Waals surface area contributed by atoms with E-state index in [4.69, 9.17) is 5.73 Å². The van der Waals surface area contributed by atoms with Crippen molar-refractivity contribution in [3.8, 4) is 0 Å². The normalized spacial score (nSPS) is 12.5. The average Bonchev–Trinajstić information content (AvgIpc) is 2.69. The molecule has 0 radical (unpaired) electrons. The first-order chi connectivity index (χ1) is 6.65. The first kappa shape index (κ1) is 11.2. The van der Waals surface area contributed by atoms with E-state index in [9.17, 15) is 4.79 Å². The van der Waals surface area contributed by atoms with Crippen LogP contribution in [-0.2, 0) is 4.79 Å². The summed E-state index contributed by atoms with van der Waals surface area (Å²) in [6, 6.07) is 3.88. The van der Waals surface area contributed by atoms with E-state index in [1.165, 1.54) is 0 Å². The number of hydrogen-bond donors (Lipinski definition) is 1. The summed E-state index contributed by atoms with van der Waals surface area (Å²) in [5.74, 6) is 0.385. The number of thiophene rings is 1. The molecule has 1 rings (SSSR count). The molecule has 1 unspecified atom stereocenters. The van der Waals surface area contributed by atoms with Gasteiger partial charge in [0, 0.05) is 13.5 Å². The smallest absolute Gasteiger partial charge is 0.227 e. The molecule has 0 aliphatic heterocycles. The first-order valence-electron chi connectivity index (χ1n) is 4.65. The highest BCUT2D eigenvalue weighted by Gasteiger charge is 2.14. The lowest BCUT2D eigenvalue weighted by molar-refractivity contribution is -0.119. The maximum atomic E-state index is 11.7. The molecule has 4 heteroatoms. The number of hydrogen-bond acceptors (Lipinski definition) is 3. The van der Waals surface area contributed by atoms with Crippen LogP contribution in [-0.4, -0.2) is 19.5 Å². The van der Waals surface area contributed by atoms with Crippen molar-refractivity contribution in [2.75, 3.05) is 18.5 Å². The second-order valence-electron chi connectivity index (χ2n) is 3.45. The van der Waals surface area contributed by atoms with E-state index < -0.39 is 0 Å². The lowest BCUT2D eigenvalue weighted by Crippen LogP contribution is -2.28. The molecule has 0 saturated carbocycles. The van der Waals surface area contributed by atoms with Gasteiger partial charge in [-0.1, -0.05) is 6.92 Å². The number of nitrogens with two attached hydrogens (primary N) is 1. The largest absolute Gasteiger partial charge is 0.330 e. The highest BCUT2D eigenvalue weighted by atomic mass is 32.1. The number of rotatable bonds is 4. The van der Waals surface area contributed by atoms with E-state index in [-0.39, 0.29) is 11.8 Å². The Balaban J connectivity index is 2.53. The fourth-order valence-electron chi connectivity index (χ4n) is 1.10. The lowest BCUT2D eigenvalue weighted by atomic mass is 10.1. The van der Waals surface area contributed by atoms with Crippen molar-refractivity contribution < 1.29 is 4.79 Å². The van der Waals surface area contributed by atoms with Crippen LogP contribution in [0.1, 0.15) is 13.3 Å². The van der Waals surface area contributed by atoms with Crippen LogP contribution in [0.3, 0.4) is 0 Å². The monoisotopic (exact) mass is 212 g/mol. The zero-order valence-electron chi connectivity index (χ0n) is 8.56. The van der Waals surface area contributed by atoms with E-state index in [1.807, 2.05) is 24.4 Å². The van der Waals surface area contributed by atoms with Gasteiger partial charge < -0.3 is 10.6 Å². The summed E-state index contributed by atoms with van der Waals surface area (Å²) < 4.78 is 0. The standard InChI is InChI=1S/C10H16N2OS/c1-8(7-11)6-9(13)12(2)10-4-3-5-14-10/h3-5,8H,6-7,11H2,1-2H3. The number of carbonyl (C=O) groups is 1. The number of carbonyl (C=O) groups excluding carboxylic acids is 1. The second kappa shape index (κ2) is 5.12. The highest BCUT2D eigenvalue weighted by Crippen LogP contribution is 2.20. The Bertz CT molecular complexity index is 284. The van der Waals surface area contributed by atoms with E-state index >= 15 is 0 Å². The van der Waals surface area contributed by atoms with Gasteiger partial charge in [0.2, 0.25) is 5.91 Å². The van der Waals surface area contributed by atoms with Gasteiger partial charge in [0.05, 0.1) is 5.00 Å². The summed E-state index contributed by atoms with van der Waals surface area (Å²) in [4.78, 5) is 13.4. The molecular formula is C10H16N2OS. The average molecular weight is 212 g/mol. The maximum absolute atomic E-state index is 11.7.